The smallest absolute Gasteiger partial charge is 0.118 e. The molecule has 2 nitrogen and oxygen atoms in total. The number of ether oxygens (including phenoxy) is 1. The standard InChI is InChI=1S/C10H13IO2/c1-13-10-4-2-8(3-5-10)6-9(12)7-11/h2-5,9,12H,6-7H2,1H3. The van der Waals surface area contributed by atoms with E-state index >= 15 is 0 Å². The van der Waals surface area contributed by atoms with Crippen LogP contribution in [0, 0.1) is 0 Å². The van der Waals surface area contributed by atoms with E-state index in [4.69, 9.17) is 4.74 Å². The molecule has 0 aliphatic carbocycles. The zero-order valence-electron chi connectivity index (χ0n) is 7.53. The Morgan fingerprint density at radius 3 is 2.46 bits per heavy atom. The molecule has 0 aliphatic heterocycles. The lowest BCUT2D eigenvalue weighted by atomic mass is 10.1. The molecule has 1 aromatic carbocycles. The van der Waals surface area contributed by atoms with E-state index in [1.807, 2.05) is 24.3 Å². The van der Waals surface area contributed by atoms with Crippen molar-refractivity contribution in [2.75, 3.05) is 11.5 Å². The van der Waals surface area contributed by atoms with E-state index in [-0.39, 0.29) is 6.10 Å². The monoisotopic (exact) mass is 292 g/mol. The van der Waals surface area contributed by atoms with E-state index in [9.17, 15) is 5.11 Å². The second-order valence-electron chi connectivity index (χ2n) is 2.86. The summed E-state index contributed by atoms with van der Waals surface area (Å²) in [5.74, 6) is 0.854. The zero-order valence-corrected chi connectivity index (χ0v) is 9.69. The molecule has 0 radical (unpaired) electrons. The highest BCUT2D eigenvalue weighted by Crippen LogP contribution is 2.13. The van der Waals surface area contributed by atoms with Crippen LogP contribution in [0.1, 0.15) is 5.56 Å². The van der Waals surface area contributed by atoms with E-state index in [1.165, 1.54) is 0 Å². The van der Waals surface area contributed by atoms with Crippen molar-refractivity contribution >= 4 is 22.6 Å². The van der Waals surface area contributed by atoms with Gasteiger partial charge >= 0.3 is 0 Å². The summed E-state index contributed by atoms with van der Waals surface area (Å²) in [5.41, 5.74) is 1.14. The van der Waals surface area contributed by atoms with Crippen LogP contribution in [0.3, 0.4) is 0 Å². The van der Waals surface area contributed by atoms with Crippen molar-refractivity contribution in [3.05, 3.63) is 29.8 Å². The molecule has 0 fully saturated rings. The predicted octanol–water partition coefficient (Wildman–Crippen LogP) is 2.03. The molecule has 1 atom stereocenters. The van der Waals surface area contributed by atoms with Crippen LogP contribution in [0.25, 0.3) is 0 Å². The third-order valence-electron chi connectivity index (χ3n) is 1.81. The van der Waals surface area contributed by atoms with Gasteiger partial charge in [-0.05, 0) is 24.1 Å². The second kappa shape index (κ2) is 5.44. The predicted molar refractivity (Wildman–Crippen MR) is 61.6 cm³/mol. The average Bonchev–Trinajstić information content (AvgIpc) is 2.19. The third-order valence-corrected chi connectivity index (χ3v) is 2.83. The van der Waals surface area contributed by atoms with Crippen molar-refractivity contribution < 1.29 is 9.84 Å². The van der Waals surface area contributed by atoms with Gasteiger partial charge in [0.05, 0.1) is 13.2 Å². The van der Waals surface area contributed by atoms with Crippen molar-refractivity contribution in [1.82, 2.24) is 0 Å². The summed E-state index contributed by atoms with van der Waals surface area (Å²) in [6, 6.07) is 7.78. The van der Waals surface area contributed by atoms with Gasteiger partial charge in [0.25, 0.3) is 0 Å². The molecular weight excluding hydrogens is 279 g/mol. The highest BCUT2D eigenvalue weighted by atomic mass is 127. The number of halogens is 1. The maximum absolute atomic E-state index is 9.40. The minimum Gasteiger partial charge on any atom is -0.497 e. The molecule has 0 aromatic heterocycles. The molecule has 0 saturated heterocycles. The van der Waals surface area contributed by atoms with Crippen LogP contribution in [-0.4, -0.2) is 22.7 Å². The van der Waals surface area contributed by atoms with Gasteiger partial charge in [0.2, 0.25) is 0 Å². The van der Waals surface area contributed by atoms with Gasteiger partial charge in [0.15, 0.2) is 0 Å². The second-order valence-corrected chi connectivity index (χ2v) is 3.74. The van der Waals surface area contributed by atoms with E-state index in [1.54, 1.807) is 7.11 Å². The fraction of sp³-hybridized carbons (Fsp3) is 0.400. The van der Waals surface area contributed by atoms with E-state index in [0.29, 0.717) is 6.42 Å². The van der Waals surface area contributed by atoms with Crippen LogP contribution in [0.15, 0.2) is 24.3 Å². The van der Waals surface area contributed by atoms with E-state index in [2.05, 4.69) is 22.6 Å². The van der Waals surface area contributed by atoms with Gasteiger partial charge in [-0.1, -0.05) is 34.7 Å². The van der Waals surface area contributed by atoms with Crippen molar-refractivity contribution in [3.63, 3.8) is 0 Å². The number of alkyl halides is 1. The minimum atomic E-state index is -0.242. The lowest BCUT2D eigenvalue weighted by Gasteiger charge is -2.07. The minimum absolute atomic E-state index is 0.242. The molecule has 0 bridgehead atoms. The van der Waals surface area contributed by atoms with Crippen LogP contribution >= 0.6 is 22.6 Å². The number of rotatable bonds is 4. The fourth-order valence-corrected chi connectivity index (χ4v) is 1.40. The molecule has 72 valence electrons. The number of methoxy groups -OCH3 is 1. The molecule has 0 saturated carbocycles. The van der Waals surface area contributed by atoms with Crippen molar-refractivity contribution in [1.29, 1.82) is 0 Å². The Labute approximate surface area is 92.1 Å². The number of benzene rings is 1. The first-order valence-corrected chi connectivity index (χ1v) is 5.65. The lowest BCUT2D eigenvalue weighted by molar-refractivity contribution is 0.203. The summed E-state index contributed by atoms with van der Waals surface area (Å²) < 4.78 is 5.80. The van der Waals surface area contributed by atoms with Crippen LogP contribution in [0.5, 0.6) is 5.75 Å². The maximum Gasteiger partial charge on any atom is 0.118 e. The number of aliphatic hydroxyl groups excluding tert-OH is 1. The Morgan fingerprint density at radius 1 is 1.38 bits per heavy atom. The quantitative estimate of drug-likeness (QED) is 0.679. The average molecular weight is 292 g/mol. The summed E-state index contributed by atoms with van der Waals surface area (Å²) >= 11 is 2.18. The molecule has 3 heteroatoms. The van der Waals surface area contributed by atoms with Crippen LogP contribution in [0.2, 0.25) is 0 Å². The third kappa shape index (κ3) is 3.52. The molecule has 0 heterocycles. The Bertz CT molecular complexity index is 246. The van der Waals surface area contributed by atoms with Crippen molar-refractivity contribution in [2.24, 2.45) is 0 Å². The molecule has 1 rings (SSSR count). The molecule has 0 spiro atoms. The number of hydrogen-bond donors (Lipinski definition) is 1. The van der Waals surface area contributed by atoms with Crippen molar-refractivity contribution in [3.8, 4) is 5.75 Å². The highest BCUT2D eigenvalue weighted by molar-refractivity contribution is 14.1. The molecule has 0 aliphatic rings. The van der Waals surface area contributed by atoms with Gasteiger partial charge in [-0.3, -0.25) is 0 Å². The summed E-state index contributed by atoms with van der Waals surface area (Å²) in [5, 5.41) is 9.40. The summed E-state index contributed by atoms with van der Waals surface area (Å²) in [6.45, 7) is 0. The molecule has 1 unspecified atom stereocenters. The Morgan fingerprint density at radius 2 is 2.00 bits per heavy atom. The largest absolute Gasteiger partial charge is 0.497 e. The van der Waals surface area contributed by atoms with Gasteiger partial charge in [0, 0.05) is 4.43 Å². The van der Waals surface area contributed by atoms with Crippen LogP contribution < -0.4 is 4.74 Å². The Balaban J connectivity index is 2.58. The van der Waals surface area contributed by atoms with Gasteiger partial charge in [-0.2, -0.15) is 0 Å². The van der Waals surface area contributed by atoms with E-state index in [0.717, 1.165) is 15.7 Å². The molecular formula is C10H13IO2. The molecule has 13 heavy (non-hydrogen) atoms. The number of hydrogen-bond acceptors (Lipinski definition) is 2. The maximum atomic E-state index is 9.40. The first-order valence-electron chi connectivity index (χ1n) is 4.13. The fourth-order valence-electron chi connectivity index (χ4n) is 1.09. The Kier molecular flexibility index (Phi) is 4.52. The van der Waals surface area contributed by atoms with Gasteiger partial charge in [-0.25, -0.2) is 0 Å². The topological polar surface area (TPSA) is 29.5 Å². The molecule has 0 amide bonds. The Hall–Kier alpha value is -0.290. The normalized spacial score (nSPS) is 12.5. The highest BCUT2D eigenvalue weighted by Gasteiger charge is 2.02. The van der Waals surface area contributed by atoms with Crippen LogP contribution in [0.4, 0.5) is 0 Å². The summed E-state index contributed by atoms with van der Waals surface area (Å²) in [6.07, 6.45) is 0.474. The SMILES string of the molecule is COc1ccc(CC(O)CI)cc1. The summed E-state index contributed by atoms with van der Waals surface area (Å²) in [4.78, 5) is 0. The number of aliphatic hydroxyl groups is 1. The first kappa shape index (κ1) is 10.8. The molecule has 1 N–H and O–H groups in total. The van der Waals surface area contributed by atoms with Gasteiger partial charge in [-0.15, -0.1) is 0 Å². The lowest BCUT2D eigenvalue weighted by Crippen LogP contribution is -2.11. The van der Waals surface area contributed by atoms with Gasteiger partial charge < -0.3 is 9.84 Å². The van der Waals surface area contributed by atoms with Crippen molar-refractivity contribution in [2.45, 2.75) is 12.5 Å². The zero-order chi connectivity index (χ0) is 9.68. The van der Waals surface area contributed by atoms with Gasteiger partial charge in [0.1, 0.15) is 5.75 Å². The summed E-state index contributed by atoms with van der Waals surface area (Å²) in [7, 11) is 1.65. The molecule has 1 aromatic rings. The van der Waals surface area contributed by atoms with E-state index < -0.39 is 0 Å². The van der Waals surface area contributed by atoms with Crippen LogP contribution in [-0.2, 0) is 6.42 Å². The first-order chi connectivity index (χ1) is 6.26.